The van der Waals surface area contributed by atoms with Gasteiger partial charge in [0.05, 0.1) is 21.5 Å². The largest absolute Gasteiger partial charge is 0.489 e. The van der Waals surface area contributed by atoms with Crippen LogP contribution in [0.15, 0.2) is 78.9 Å². The zero-order valence-corrected chi connectivity index (χ0v) is 22.6. The van der Waals surface area contributed by atoms with Crippen molar-refractivity contribution in [1.82, 2.24) is 15.0 Å². The van der Waals surface area contributed by atoms with Crippen LogP contribution in [0.2, 0.25) is 0 Å². The molecule has 2 atom stereocenters. The van der Waals surface area contributed by atoms with Crippen molar-refractivity contribution in [2.24, 2.45) is 5.92 Å². The van der Waals surface area contributed by atoms with E-state index in [2.05, 4.69) is 16.7 Å². The maximum atomic E-state index is 9.66. The van der Waals surface area contributed by atoms with Gasteiger partial charge in [-0.2, -0.15) is 4.98 Å². The summed E-state index contributed by atoms with van der Waals surface area (Å²) in [6.45, 7) is 2.73. The minimum absolute atomic E-state index is 0.223. The molecule has 6 rings (SSSR count). The molecule has 1 aliphatic rings. The number of thiazole rings is 1. The number of nitrogens with one attached hydrogen (secondary N) is 2. The second-order valence-electron chi connectivity index (χ2n) is 9.97. The third kappa shape index (κ3) is 5.87. The van der Waals surface area contributed by atoms with Crippen molar-refractivity contribution < 1.29 is 9.84 Å². The summed E-state index contributed by atoms with van der Waals surface area (Å²) in [6.07, 6.45) is 2.93. The van der Waals surface area contributed by atoms with Crippen LogP contribution in [0.4, 0.5) is 17.5 Å². The summed E-state index contributed by atoms with van der Waals surface area (Å²) in [5.41, 5.74) is 4.71. The molecule has 3 N–H and O–H groups in total. The molecular weight excluding hydrogens is 506 g/mol. The predicted octanol–water partition coefficient (Wildman–Crippen LogP) is 6.96. The zero-order valence-electron chi connectivity index (χ0n) is 21.8. The van der Waals surface area contributed by atoms with Gasteiger partial charge in [-0.15, -0.1) is 11.3 Å². The van der Waals surface area contributed by atoms with Gasteiger partial charge in [-0.3, -0.25) is 0 Å². The van der Waals surface area contributed by atoms with Crippen LogP contribution in [-0.4, -0.2) is 32.7 Å². The molecule has 0 spiro atoms. The summed E-state index contributed by atoms with van der Waals surface area (Å²) in [6, 6.07) is 26.4. The molecule has 1 aliphatic carbocycles. The molecular formula is C31H31N5O2S. The fourth-order valence-corrected chi connectivity index (χ4v) is 6.13. The summed E-state index contributed by atoms with van der Waals surface area (Å²) >= 11 is 1.65. The fourth-order valence-electron chi connectivity index (χ4n) is 5.07. The molecule has 2 heterocycles. The van der Waals surface area contributed by atoms with Crippen LogP contribution in [0.5, 0.6) is 5.75 Å². The monoisotopic (exact) mass is 537 g/mol. The van der Waals surface area contributed by atoms with Crippen molar-refractivity contribution in [3.63, 3.8) is 0 Å². The van der Waals surface area contributed by atoms with Gasteiger partial charge in [0.25, 0.3) is 0 Å². The molecule has 5 aromatic rings. The Bertz CT molecular complexity index is 1540. The number of hydrogen-bond acceptors (Lipinski definition) is 8. The van der Waals surface area contributed by atoms with Crippen molar-refractivity contribution in [3.8, 4) is 16.3 Å². The maximum absolute atomic E-state index is 9.66. The van der Waals surface area contributed by atoms with Crippen LogP contribution in [0.25, 0.3) is 20.8 Å². The van der Waals surface area contributed by atoms with Crippen molar-refractivity contribution in [2.45, 2.75) is 38.8 Å². The summed E-state index contributed by atoms with van der Waals surface area (Å²) in [5, 5.41) is 17.6. The van der Waals surface area contributed by atoms with Crippen molar-refractivity contribution in [2.75, 3.05) is 17.2 Å². The smallest absolute Gasteiger partial charge is 0.229 e. The second kappa shape index (κ2) is 11.4. The van der Waals surface area contributed by atoms with Gasteiger partial charge in [-0.05, 0) is 61.9 Å². The number of aliphatic hydroxyl groups excluding tert-OH is 1. The lowest BCUT2D eigenvalue weighted by molar-refractivity contribution is 0.229. The van der Waals surface area contributed by atoms with E-state index in [9.17, 15) is 5.11 Å². The Morgan fingerprint density at radius 1 is 0.949 bits per heavy atom. The first kappa shape index (κ1) is 25.3. The number of anilines is 3. The Kier molecular flexibility index (Phi) is 7.38. The number of ether oxygens (including phenoxy) is 1. The third-order valence-electron chi connectivity index (χ3n) is 7.08. The average Bonchev–Trinajstić information content (AvgIpc) is 3.59. The average molecular weight is 538 g/mol. The van der Waals surface area contributed by atoms with Gasteiger partial charge in [-0.25, -0.2) is 9.97 Å². The number of benzene rings is 3. The Balaban J connectivity index is 1.28. The van der Waals surface area contributed by atoms with Gasteiger partial charge in [0.2, 0.25) is 5.95 Å². The van der Waals surface area contributed by atoms with E-state index in [4.69, 9.17) is 19.7 Å². The summed E-state index contributed by atoms with van der Waals surface area (Å²) in [7, 11) is 0. The Labute approximate surface area is 232 Å². The van der Waals surface area contributed by atoms with Crippen LogP contribution in [-0.2, 0) is 6.61 Å². The van der Waals surface area contributed by atoms with Gasteiger partial charge in [0.1, 0.15) is 23.2 Å². The number of rotatable bonds is 9. The van der Waals surface area contributed by atoms with Gasteiger partial charge in [-0.1, -0.05) is 48.5 Å². The third-order valence-corrected chi connectivity index (χ3v) is 8.13. The van der Waals surface area contributed by atoms with E-state index in [0.717, 1.165) is 68.6 Å². The van der Waals surface area contributed by atoms with E-state index < -0.39 is 0 Å². The molecule has 39 heavy (non-hydrogen) atoms. The normalized spacial score (nSPS) is 16.9. The molecule has 0 radical (unpaired) electrons. The van der Waals surface area contributed by atoms with E-state index in [1.54, 1.807) is 11.3 Å². The van der Waals surface area contributed by atoms with Crippen LogP contribution >= 0.6 is 11.3 Å². The molecule has 0 saturated heterocycles. The Hall–Kier alpha value is -4.01. The van der Waals surface area contributed by atoms with E-state index in [0.29, 0.717) is 18.5 Å². The molecule has 198 valence electrons. The molecule has 2 aromatic heterocycles. The molecule has 0 amide bonds. The minimum atomic E-state index is 0.223. The van der Waals surface area contributed by atoms with E-state index in [1.165, 1.54) is 0 Å². The Morgan fingerprint density at radius 2 is 1.79 bits per heavy atom. The number of para-hydroxylation sites is 1. The Morgan fingerprint density at radius 3 is 2.62 bits per heavy atom. The predicted molar refractivity (Wildman–Crippen MR) is 158 cm³/mol. The molecule has 1 fully saturated rings. The van der Waals surface area contributed by atoms with E-state index in [-0.39, 0.29) is 12.6 Å². The standard InChI is InChI=1S/C31H31N5O2S/c1-20-28(30-35-26-12-5-6-13-27(26)39-30)29(33-24-15-14-22(16-24)18-37)36-31(32-20)34-23-10-7-11-25(17-23)38-19-21-8-3-2-4-9-21/h2-13,17,22,24,37H,14-16,18-19H2,1H3,(H2,32,33,34,36)/t22-,24+/m1/s1. The fraction of sp³-hybridized carbons (Fsp3) is 0.258. The van der Waals surface area contributed by atoms with Crippen molar-refractivity contribution >= 4 is 39.0 Å². The lowest BCUT2D eigenvalue weighted by Crippen LogP contribution is -2.19. The molecule has 7 nitrogen and oxygen atoms in total. The molecule has 0 aliphatic heterocycles. The summed E-state index contributed by atoms with van der Waals surface area (Å²) in [5.74, 6) is 2.37. The number of hydrogen-bond donors (Lipinski definition) is 3. The molecule has 8 heteroatoms. The van der Waals surface area contributed by atoms with Gasteiger partial charge in [0.15, 0.2) is 0 Å². The van der Waals surface area contributed by atoms with Gasteiger partial charge >= 0.3 is 0 Å². The number of fused-ring (bicyclic) bond motifs is 1. The SMILES string of the molecule is Cc1nc(Nc2cccc(OCc3ccccc3)c2)nc(N[C@H]2CC[C@@H](CO)C2)c1-c1nc2ccccc2s1. The van der Waals surface area contributed by atoms with Crippen LogP contribution in [0, 0.1) is 12.8 Å². The van der Waals surface area contributed by atoms with Crippen LogP contribution in [0.1, 0.15) is 30.5 Å². The first-order chi connectivity index (χ1) is 19.1. The second-order valence-corrected chi connectivity index (χ2v) is 11.0. The molecule has 1 saturated carbocycles. The van der Waals surface area contributed by atoms with Crippen LogP contribution < -0.4 is 15.4 Å². The summed E-state index contributed by atoms with van der Waals surface area (Å²) < 4.78 is 7.15. The first-order valence-electron chi connectivity index (χ1n) is 13.3. The van der Waals surface area contributed by atoms with Crippen molar-refractivity contribution in [1.29, 1.82) is 0 Å². The molecule has 0 unspecified atom stereocenters. The van der Waals surface area contributed by atoms with Gasteiger partial charge in [0, 0.05) is 24.4 Å². The topological polar surface area (TPSA) is 92.2 Å². The lowest BCUT2D eigenvalue weighted by Gasteiger charge is -2.18. The number of aryl methyl sites for hydroxylation is 1. The maximum Gasteiger partial charge on any atom is 0.229 e. The molecule has 3 aromatic carbocycles. The van der Waals surface area contributed by atoms with E-state index in [1.807, 2.05) is 79.7 Å². The van der Waals surface area contributed by atoms with Gasteiger partial charge < -0.3 is 20.5 Å². The lowest BCUT2D eigenvalue weighted by atomic mass is 10.1. The number of aliphatic hydroxyl groups is 1. The van der Waals surface area contributed by atoms with Crippen molar-refractivity contribution in [3.05, 3.63) is 90.1 Å². The zero-order chi connectivity index (χ0) is 26.6. The number of aromatic nitrogens is 3. The van der Waals surface area contributed by atoms with Crippen LogP contribution in [0.3, 0.4) is 0 Å². The number of nitrogens with zero attached hydrogens (tertiary/aromatic N) is 3. The quantitative estimate of drug-likeness (QED) is 0.187. The first-order valence-corrected chi connectivity index (χ1v) is 14.1. The molecule has 0 bridgehead atoms. The summed E-state index contributed by atoms with van der Waals surface area (Å²) in [4.78, 5) is 14.7. The highest BCUT2D eigenvalue weighted by molar-refractivity contribution is 7.21. The highest BCUT2D eigenvalue weighted by atomic mass is 32.1. The van der Waals surface area contributed by atoms with E-state index >= 15 is 0 Å². The highest BCUT2D eigenvalue weighted by Gasteiger charge is 2.26. The minimum Gasteiger partial charge on any atom is -0.489 e. The highest BCUT2D eigenvalue weighted by Crippen LogP contribution is 2.38.